The number of rotatable bonds is 5. The standard InChI is InChI=1S/C14H19ClN4S/c1-4-12(16)7-10-5-6-11(15)8-13(10)20-14-18-17-9(2)19(14)3/h5-6,8,12H,4,7,16H2,1-3H3. The van der Waals surface area contributed by atoms with Crippen LogP contribution in [0.1, 0.15) is 24.7 Å². The third-order valence-electron chi connectivity index (χ3n) is 3.29. The van der Waals surface area contributed by atoms with Crippen molar-refractivity contribution in [2.45, 2.75) is 42.8 Å². The van der Waals surface area contributed by atoms with Gasteiger partial charge in [0.2, 0.25) is 0 Å². The Balaban J connectivity index is 2.29. The van der Waals surface area contributed by atoms with Crippen LogP contribution in [-0.4, -0.2) is 20.8 Å². The smallest absolute Gasteiger partial charge is 0.195 e. The van der Waals surface area contributed by atoms with Crippen molar-refractivity contribution in [1.82, 2.24) is 14.8 Å². The largest absolute Gasteiger partial charge is 0.327 e. The highest BCUT2D eigenvalue weighted by atomic mass is 35.5. The Labute approximate surface area is 128 Å². The van der Waals surface area contributed by atoms with Gasteiger partial charge in [0.15, 0.2) is 5.16 Å². The van der Waals surface area contributed by atoms with E-state index >= 15 is 0 Å². The fourth-order valence-corrected chi connectivity index (χ4v) is 3.05. The number of benzene rings is 1. The van der Waals surface area contributed by atoms with Crippen LogP contribution in [0.15, 0.2) is 28.3 Å². The number of nitrogens with zero attached hydrogens (tertiary/aromatic N) is 3. The van der Waals surface area contributed by atoms with Gasteiger partial charge in [-0.15, -0.1) is 10.2 Å². The molecule has 6 heteroatoms. The van der Waals surface area contributed by atoms with Crippen molar-refractivity contribution in [3.05, 3.63) is 34.6 Å². The summed E-state index contributed by atoms with van der Waals surface area (Å²) in [6, 6.07) is 6.08. The highest BCUT2D eigenvalue weighted by Gasteiger charge is 2.12. The van der Waals surface area contributed by atoms with E-state index in [9.17, 15) is 0 Å². The molecule has 1 aromatic carbocycles. The molecule has 0 saturated carbocycles. The first kappa shape index (κ1) is 15.4. The highest BCUT2D eigenvalue weighted by molar-refractivity contribution is 7.99. The Bertz CT molecular complexity index is 597. The number of halogens is 1. The van der Waals surface area contributed by atoms with E-state index in [1.54, 1.807) is 11.8 Å². The summed E-state index contributed by atoms with van der Waals surface area (Å²) in [6.07, 6.45) is 1.79. The van der Waals surface area contributed by atoms with Gasteiger partial charge in [-0.25, -0.2) is 0 Å². The summed E-state index contributed by atoms with van der Waals surface area (Å²) in [5, 5.41) is 9.84. The molecule has 1 atom stereocenters. The second-order valence-corrected chi connectivity index (χ2v) is 6.26. The molecule has 2 N–H and O–H groups in total. The molecule has 0 spiro atoms. The zero-order chi connectivity index (χ0) is 14.7. The Morgan fingerprint density at radius 2 is 2.15 bits per heavy atom. The van der Waals surface area contributed by atoms with Crippen molar-refractivity contribution < 1.29 is 0 Å². The highest BCUT2D eigenvalue weighted by Crippen LogP contribution is 2.32. The van der Waals surface area contributed by atoms with E-state index in [2.05, 4.69) is 17.1 Å². The molecule has 0 bridgehead atoms. The fraction of sp³-hybridized carbons (Fsp3) is 0.429. The lowest BCUT2D eigenvalue weighted by Gasteiger charge is -2.13. The molecule has 0 aliphatic rings. The first-order chi connectivity index (χ1) is 9.51. The third kappa shape index (κ3) is 3.53. The van der Waals surface area contributed by atoms with Gasteiger partial charge < -0.3 is 10.3 Å². The van der Waals surface area contributed by atoms with Gasteiger partial charge >= 0.3 is 0 Å². The van der Waals surface area contributed by atoms with Crippen LogP contribution in [0, 0.1) is 6.92 Å². The molecule has 2 aromatic rings. The normalized spacial score (nSPS) is 12.7. The van der Waals surface area contributed by atoms with Crippen LogP contribution in [-0.2, 0) is 13.5 Å². The topological polar surface area (TPSA) is 56.7 Å². The van der Waals surface area contributed by atoms with Crippen LogP contribution in [0.4, 0.5) is 0 Å². The maximum absolute atomic E-state index is 6.11. The number of nitrogens with two attached hydrogens (primary N) is 1. The second-order valence-electron chi connectivity index (χ2n) is 4.82. The summed E-state index contributed by atoms with van der Waals surface area (Å²) in [7, 11) is 1.96. The van der Waals surface area contributed by atoms with Crippen molar-refractivity contribution in [1.29, 1.82) is 0 Å². The lowest BCUT2D eigenvalue weighted by molar-refractivity contribution is 0.641. The average Bonchev–Trinajstić information content (AvgIpc) is 2.73. The van der Waals surface area contributed by atoms with Crippen molar-refractivity contribution in [2.24, 2.45) is 12.8 Å². The monoisotopic (exact) mass is 310 g/mol. The molecule has 0 fully saturated rings. The maximum atomic E-state index is 6.11. The molecule has 1 aromatic heterocycles. The van der Waals surface area contributed by atoms with Gasteiger partial charge in [0.05, 0.1) is 0 Å². The van der Waals surface area contributed by atoms with E-state index in [4.69, 9.17) is 17.3 Å². The molecule has 0 saturated heterocycles. The predicted molar refractivity (Wildman–Crippen MR) is 83.3 cm³/mol. The summed E-state index contributed by atoms with van der Waals surface area (Å²) in [5.41, 5.74) is 7.27. The molecule has 0 aliphatic heterocycles. The number of hydrogen-bond acceptors (Lipinski definition) is 4. The van der Waals surface area contributed by atoms with E-state index in [0.29, 0.717) is 0 Å². The first-order valence-corrected chi connectivity index (χ1v) is 7.78. The van der Waals surface area contributed by atoms with E-state index in [1.165, 1.54) is 5.56 Å². The number of aromatic nitrogens is 3. The SMILES string of the molecule is CCC(N)Cc1ccc(Cl)cc1Sc1nnc(C)n1C. The summed E-state index contributed by atoms with van der Waals surface area (Å²) in [6.45, 7) is 4.03. The fourth-order valence-electron chi connectivity index (χ4n) is 1.79. The first-order valence-electron chi connectivity index (χ1n) is 6.59. The van der Waals surface area contributed by atoms with Crippen molar-refractivity contribution in [3.63, 3.8) is 0 Å². The van der Waals surface area contributed by atoms with Gasteiger partial charge in [-0.3, -0.25) is 0 Å². The Hall–Kier alpha value is -1.04. The molecule has 4 nitrogen and oxygen atoms in total. The minimum atomic E-state index is 0.164. The minimum Gasteiger partial charge on any atom is -0.327 e. The molecule has 108 valence electrons. The molecule has 1 heterocycles. The van der Waals surface area contributed by atoms with Gasteiger partial charge in [-0.1, -0.05) is 24.6 Å². The van der Waals surface area contributed by atoms with E-state index < -0.39 is 0 Å². The van der Waals surface area contributed by atoms with Crippen molar-refractivity contribution in [3.8, 4) is 0 Å². The molecular weight excluding hydrogens is 292 g/mol. The molecule has 2 rings (SSSR count). The van der Waals surface area contributed by atoms with E-state index in [0.717, 1.165) is 33.7 Å². The van der Waals surface area contributed by atoms with Crippen LogP contribution < -0.4 is 5.73 Å². The quantitative estimate of drug-likeness (QED) is 0.921. The van der Waals surface area contributed by atoms with E-state index in [-0.39, 0.29) is 6.04 Å². The van der Waals surface area contributed by atoms with Crippen LogP contribution in [0.25, 0.3) is 0 Å². The Kier molecular flexibility index (Phi) is 5.07. The molecule has 0 radical (unpaired) electrons. The van der Waals surface area contributed by atoms with Gasteiger partial charge in [0, 0.05) is 23.0 Å². The molecular formula is C14H19ClN4S. The Morgan fingerprint density at radius 3 is 2.75 bits per heavy atom. The zero-order valence-corrected chi connectivity index (χ0v) is 13.5. The third-order valence-corrected chi connectivity index (χ3v) is 4.66. The minimum absolute atomic E-state index is 0.164. The number of hydrogen-bond donors (Lipinski definition) is 1. The molecule has 1 unspecified atom stereocenters. The maximum Gasteiger partial charge on any atom is 0.195 e. The number of aryl methyl sites for hydroxylation is 1. The summed E-state index contributed by atoms with van der Waals surface area (Å²) >= 11 is 7.69. The molecule has 20 heavy (non-hydrogen) atoms. The van der Waals surface area contributed by atoms with Crippen LogP contribution in [0.5, 0.6) is 0 Å². The van der Waals surface area contributed by atoms with Gasteiger partial charge in [0.25, 0.3) is 0 Å². The summed E-state index contributed by atoms with van der Waals surface area (Å²) < 4.78 is 1.97. The van der Waals surface area contributed by atoms with Crippen molar-refractivity contribution in [2.75, 3.05) is 0 Å². The Morgan fingerprint density at radius 1 is 1.40 bits per heavy atom. The van der Waals surface area contributed by atoms with Crippen LogP contribution in [0.3, 0.4) is 0 Å². The molecule has 0 amide bonds. The van der Waals surface area contributed by atoms with Crippen LogP contribution >= 0.6 is 23.4 Å². The molecule has 0 aliphatic carbocycles. The van der Waals surface area contributed by atoms with Gasteiger partial charge in [-0.2, -0.15) is 0 Å². The van der Waals surface area contributed by atoms with Crippen molar-refractivity contribution >= 4 is 23.4 Å². The summed E-state index contributed by atoms with van der Waals surface area (Å²) in [4.78, 5) is 1.09. The van der Waals surface area contributed by atoms with Crippen LogP contribution in [0.2, 0.25) is 5.02 Å². The lowest BCUT2D eigenvalue weighted by atomic mass is 10.1. The lowest BCUT2D eigenvalue weighted by Crippen LogP contribution is -2.21. The van der Waals surface area contributed by atoms with Gasteiger partial charge in [-0.05, 0) is 49.2 Å². The summed E-state index contributed by atoms with van der Waals surface area (Å²) in [5.74, 6) is 0.890. The second kappa shape index (κ2) is 6.61. The van der Waals surface area contributed by atoms with Gasteiger partial charge in [0.1, 0.15) is 5.82 Å². The average molecular weight is 311 g/mol. The zero-order valence-electron chi connectivity index (χ0n) is 11.9. The predicted octanol–water partition coefficient (Wildman–Crippen LogP) is 3.21. The van der Waals surface area contributed by atoms with E-state index in [1.807, 2.05) is 36.7 Å².